The first kappa shape index (κ1) is 21.9. The Morgan fingerprint density at radius 3 is 2.41 bits per heavy atom. The minimum absolute atomic E-state index is 0.128. The second kappa shape index (κ2) is 9.04. The lowest BCUT2D eigenvalue weighted by Crippen LogP contribution is -3.12. The maximum atomic E-state index is 13.5. The van der Waals surface area contributed by atoms with Gasteiger partial charge in [-0.25, -0.2) is 0 Å². The molecule has 168 valence electrons. The highest BCUT2D eigenvalue weighted by atomic mass is 16.5. The van der Waals surface area contributed by atoms with Crippen LogP contribution < -0.4 is 19.8 Å². The molecule has 0 saturated heterocycles. The topological polar surface area (TPSA) is 73.4 Å². The van der Waals surface area contributed by atoms with E-state index in [1.54, 1.807) is 49.5 Å². The minimum atomic E-state index is -0.548. The molecule has 0 aliphatic carbocycles. The zero-order chi connectivity index (χ0) is 22.8. The highest BCUT2D eigenvalue weighted by Crippen LogP contribution is 2.40. The fourth-order valence-electron chi connectivity index (χ4n) is 4.45. The summed E-state index contributed by atoms with van der Waals surface area (Å²) in [5.74, 6) is 1.01. The lowest BCUT2D eigenvalue weighted by molar-refractivity contribution is -0.895. The van der Waals surface area contributed by atoms with E-state index in [2.05, 4.69) is 13.8 Å². The molecule has 3 aromatic rings. The fraction of sp³-hybridized carbons (Fsp3) is 0.360. The molecular formula is C25H29N2O5+. The molecule has 0 unspecified atom stereocenters. The molecule has 2 heterocycles. The van der Waals surface area contributed by atoms with Crippen LogP contribution in [0.1, 0.15) is 41.6 Å². The van der Waals surface area contributed by atoms with Gasteiger partial charge in [-0.1, -0.05) is 18.2 Å². The maximum absolute atomic E-state index is 13.5. The zero-order valence-electron chi connectivity index (χ0n) is 18.9. The van der Waals surface area contributed by atoms with E-state index in [9.17, 15) is 9.59 Å². The first-order valence-electron chi connectivity index (χ1n) is 11.0. The van der Waals surface area contributed by atoms with Crippen LogP contribution in [-0.2, 0) is 0 Å². The Morgan fingerprint density at radius 2 is 1.72 bits per heavy atom. The van der Waals surface area contributed by atoms with Crippen LogP contribution in [-0.4, -0.2) is 51.2 Å². The number of quaternary nitrogens is 1. The molecule has 4 rings (SSSR count). The van der Waals surface area contributed by atoms with Gasteiger partial charge in [-0.2, -0.15) is 0 Å². The molecule has 1 N–H and O–H groups in total. The van der Waals surface area contributed by atoms with E-state index in [1.807, 2.05) is 12.1 Å². The normalized spacial score (nSPS) is 15.5. The van der Waals surface area contributed by atoms with Crippen molar-refractivity contribution in [3.8, 4) is 11.5 Å². The number of fused-ring (bicyclic) bond motifs is 2. The number of nitrogens with zero attached hydrogens (tertiary/aromatic N) is 1. The van der Waals surface area contributed by atoms with Crippen molar-refractivity contribution in [3.05, 3.63) is 69.6 Å². The standard InChI is InChI=1S/C25H28N2O5/c1-5-26(6-2)13-14-27-22(16-11-12-19(30-3)20(15-16)31-4)21-23(28)17-9-7-8-10-18(17)32-24(21)25(27)29/h7-12,15,22H,5-6,13-14H2,1-4H3/p+1/t22-/m0/s1. The summed E-state index contributed by atoms with van der Waals surface area (Å²) in [4.78, 5) is 30.1. The number of amides is 1. The predicted octanol–water partition coefficient (Wildman–Crippen LogP) is 2.28. The molecule has 32 heavy (non-hydrogen) atoms. The molecule has 7 nitrogen and oxygen atoms in total. The quantitative estimate of drug-likeness (QED) is 0.585. The Hall–Kier alpha value is -3.32. The van der Waals surface area contributed by atoms with Gasteiger partial charge in [0.2, 0.25) is 5.76 Å². The van der Waals surface area contributed by atoms with Crippen molar-refractivity contribution in [2.45, 2.75) is 19.9 Å². The number of para-hydroxylation sites is 1. The molecule has 1 atom stereocenters. The summed E-state index contributed by atoms with van der Waals surface area (Å²) in [5.41, 5.74) is 1.42. The third-order valence-corrected chi connectivity index (χ3v) is 6.30. The number of methoxy groups -OCH3 is 2. The van der Waals surface area contributed by atoms with Gasteiger partial charge in [0.05, 0.1) is 57.4 Å². The van der Waals surface area contributed by atoms with Crippen LogP contribution in [0, 0.1) is 0 Å². The Balaban J connectivity index is 1.88. The molecule has 1 aliphatic heterocycles. The molecule has 1 amide bonds. The highest BCUT2D eigenvalue weighted by molar-refractivity contribution is 5.99. The number of carbonyl (C=O) groups excluding carboxylic acids is 1. The first-order chi connectivity index (χ1) is 15.5. The second-order valence-electron chi connectivity index (χ2n) is 7.89. The fourth-order valence-corrected chi connectivity index (χ4v) is 4.45. The van der Waals surface area contributed by atoms with Crippen LogP contribution in [0.4, 0.5) is 0 Å². The van der Waals surface area contributed by atoms with Crippen LogP contribution in [0.5, 0.6) is 11.5 Å². The molecule has 1 aromatic heterocycles. The van der Waals surface area contributed by atoms with Gasteiger partial charge in [0.25, 0.3) is 5.91 Å². The monoisotopic (exact) mass is 437 g/mol. The SMILES string of the molecule is CC[NH+](CC)CCN1C(=O)c2oc3ccccc3c(=O)c2[C@@H]1c1ccc(OC)c(OC)c1. The van der Waals surface area contributed by atoms with E-state index in [4.69, 9.17) is 13.9 Å². The Morgan fingerprint density at radius 1 is 1.00 bits per heavy atom. The third-order valence-electron chi connectivity index (χ3n) is 6.30. The summed E-state index contributed by atoms with van der Waals surface area (Å²) < 4.78 is 16.8. The van der Waals surface area contributed by atoms with Gasteiger partial charge in [0.15, 0.2) is 16.9 Å². The predicted molar refractivity (Wildman–Crippen MR) is 122 cm³/mol. The number of likely N-dealkylation sites (N-methyl/N-ethyl adjacent to an activating group) is 1. The number of hydrogen-bond acceptors (Lipinski definition) is 5. The van der Waals surface area contributed by atoms with E-state index in [1.165, 1.54) is 4.90 Å². The van der Waals surface area contributed by atoms with Crippen molar-refractivity contribution in [2.75, 3.05) is 40.4 Å². The maximum Gasteiger partial charge on any atom is 0.291 e. The van der Waals surface area contributed by atoms with Crippen molar-refractivity contribution in [1.29, 1.82) is 0 Å². The number of ether oxygens (including phenoxy) is 2. The van der Waals surface area contributed by atoms with Gasteiger partial charge in [0.1, 0.15) is 5.58 Å². The Kier molecular flexibility index (Phi) is 6.19. The van der Waals surface area contributed by atoms with Gasteiger partial charge in [-0.15, -0.1) is 0 Å². The van der Waals surface area contributed by atoms with E-state index >= 15 is 0 Å². The smallest absolute Gasteiger partial charge is 0.291 e. The van der Waals surface area contributed by atoms with Gasteiger partial charge in [-0.05, 0) is 43.7 Å². The molecular weight excluding hydrogens is 408 g/mol. The molecule has 0 bridgehead atoms. The third kappa shape index (κ3) is 3.62. The number of hydrogen-bond donors (Lipinski definition) is 1. The van der Waals surface area contributed by atoms with Crippen LogP contribution in [0.15, 0.2) is 51.7 Å². The molecule has 1 aliphatic rings. The van der Waals surface area contributed by atoms with Crippen molar-refractivity contribution in [3.63, 3.8) is 0 Å². The minimum Gasteiger partial charge on any atom is -0.493 e. The number of rotatable bonds is 8. The largest absolute Gasteiger partial charge is 0.493 e. The molecule has 7 heteroatoms. The molecule has 0 fully saturated rings. The van der Waals surface area contributed by atoms with Crippen molar-refractivity contribution < 1.29 is 23.6 Å². The van der Waals surface area contributed by atoms with Crippen LogP contribution in [0.3, 0.4) is 0 Å². The van der Waals surface area contributed by atoms with Gasteiger partial charge >= 0.3 is 0 Å². The van der Waals surface area contributed by atoms with Gasteiger partial charge < -0.3 is 23.7 Å². The van der Waals surface area contributed by atoms with E-state index in [0.717, 1.165) is 25.2 Å². The van der Waals surface area contributed by atoms with E-state index in [0.29, 0.717) is 34.6 Å². The number of nitrogens with one attached hydrogen (secondary N) is 1. The first-order valence-corrected chi connectivity index (χ1v) is 11.0. The summed E-state index contributed by atoms with van der Waals surface area (Å²) in [5, 5.41) is 0.473. The zero-order valence-corrected chi connectivity index (χ0v) is 18.9. The number of carbonyl (C=O) groups is 1. The summed E-state index contributed by atoms with van der Waals surface area (Å²) in [6, 6.07) is 12.0. The van der Waals surface area contributed by atoms with Gasteiger partial charge in [0, 0.05) is 0 Å². The lowest BCUT2D eigenvalue weighted by atomic mass is 9.98. The van der Waals surface area contributed by atoms with Gasteiger partial charge in [-0.3, -0.25) is 9.59 Å². The van der Waals surface area contributed by atoms with Crippen molar-refractivity contribution in [2.24, 2.45) is 0 Å². The van der Waals surface area contributed by atoms with Crippen molar-refractivity contribution in [1.82, 2.24) is 4.90 Å². The summed E-state index contributed by atoms with van der Waals surface area (Å²) in [7, 11) is 3.14. The van der Waals surface area contributed by atoms with E-state index < -0.39 is 6.04 Å². The highest BCUT2D eigenvalue weighted by Gasteiger charge is 2.43. The molecule has 0 spiro atoms. The molecule has 0 radical (unpaired) electrons. The van der Waals surface area contributed by atoms with Crippen LogP contribution in [0.25, 0.3) is 11.0 Å². The summed E-state index contributed by atoms with van der Waals surface area (Å²) in [6.07, 6.45) is 0. The molecule has 2 aromatic carbocycles. The summed E-state index contributed by atoms with van der Waals surface area (Å²) >= 11 is 0. The summed E-state index contributed by atoms with van der Waals surface area (Å²) in [6.45, 7) is 7.48. The average molecular weight is 438 g/mol. The van der Waals surface area contributed by atoms with E-state index in [-0.39, 0.29) is 17.1 Å². The second-order valence-corrected chi connectivity index (χ2v) is 7.89. The Labute approximate surface area is 187 Å². The Bertz CT molecular complexity index is 1200. The average Bonchev–Trinajstić information content (AvgIpc) is 3.11. The number of benzene rings is 2. The van der Waals surface area contributed by atoms with Crippen LogP contribution in [0.2, 0.25) is 0 Å². The lowest BCUT2D eigenvalue weighted by Gasteiger charge is -2.27. The van der Waals surface area contributed by atoms with Crippen molar-refractivity contribution >= 4 is 16.9 Å². The molecule has 0 saturated carbocycles. The van der Waals surface area contributed by atoms with Crippen LogP contribution >= 0.6 is 0 Å².